The van der Waals surface area contributed by atoms with Crippen molar-refractivity contribution in [3.05, 3.63) is 59.3 Å². The van der Waals surface area contributed by atoms with Gasteiger partial charge in [0.1, 0.15) is 11.2 Å². The lowest BCUT2D eigenvalue weighted by atomic mass is 10.0. The van der Waals surface area contributed by atoms with Gasteiger partial charge in [0.25, 0.3) is 0 Å². The Morgan fingerprint density at radius 2 is 1.81 bits per heavy atom. The minimum absolute atomic E-state index is 0.228. The Bertz CT molecular complexity index is 1760. The molecule has 0 radical (unpaired) electrons. The summed E-state index contributed by atoms with van der Waals surface area (Å²) >= 11 is 0. The first-order valence-electron chi connectivity index (χ1n) is 12.9. The summed E-state index contributed by atoms with van der Waals surface area (Å²) in [6.45, 7) is 0.953. The molecular formula is C25H22N4O2Si. The first kappa shape index (κ1) is 14.3. The Balaban J connectivity index is 1.72. The summed E-state index contributed by atoms with van der Waals surface area (Å²) in [5.74, 6) is 0.228. The van der Waals surface area contributed by atoms with Gasteiger partial charge in [-0.2, -0.15) is 5.26 Å². The Kier molecular flexibility index (Phi) is 3.20. The second-order valence-electron chi connectivity index (χ2n) is 8.57. The zero-order valence-electron chi connectivity index (χ0n) is 23.6. The number of fused-ring (bicyclic) bond motifs is 3. The van der Waals surface area contributed by atoms with Gasteiger partial charge >= 0.3 is 0 Å². The standard InChI is InChI=1S/C25H22N4O2Si/c1-14-9-21(27-13-15(14)2)18-8-6-7-17-20-10-16(12-26)19(11-22(20)30-23(17)18)24-28-29-25(31-24)32(3,4)5/h6-11,13H,1-5H3/i1D3,2D3. The molecule has 0 saturated heterocycles. The van der Waals surface area contributed by atoms with Crippen LogP contribution >= 0.6 is 0 Å². The number of para-hydroxylation sites is 1. The van der Waals surface area contributed by atoms with Crippen LogP contribution in [0.2, 0.25) is 19.6 Å². The van der Waals surface area contributed by atoms with Crippen LogP contribution in [0, 0.1) is 25.0 Å². The third-order valence-corrected chi connectivity index (χ3v) is 6.72. The summed E-state index contributed by atoms with van der Waals surface area (Å²) < 4.78 is 58.9. The Morgan fingerprint density at radius 1 is 0.969 bits per heavy atom. The number of pyridine rings is 1. The molecule has 32 heavy (non-hydrogen) atoms. The fourth-order valence-electron chi connectivity index (χ4n) is 3.55. The van der Waals surface area contributed by atoms with Crippen LogP contribution < -0.4 is 5.51 Å². The summed E-state index contributed by atoms with van der Waals surface area (Å²) in [6.07, 6.45) is 1.09. The fourth-order valence-corrected chi connectivity index (χ4v) is 4.31. The van der Waals surface area contributed by atoms with Crippen molar-refractivity contribution < 1.29 is 17.1 Å². The molecule has 0 bridgehead atoms. The molecular weight excluding hydrogens is 416 g/mol. The number of furan rings is 1. The third kappa shape index (κ3) is 3.20. The first-order chi connectivity index (χ1) is 17.7. The van der Waals surface area contributed by atoms with E-state index in [9.17, 15) is 5.26 Å². The van der Waals surface area contributed by atoms with Crippen molar-refractivity contribution >= 4 is 35.5 Å². The van der Waals surface area contributed by atoms with E-state index in [0.717, 1.165) is 6.20 Å². The van der Waals surface area contributed by atoms with Crippen molar-refractivity contribution in [2.24, 2.45) is 0 Å². The summed E-state index contributed by atoms with van der Waals surface area (Å²) in [5, 5.41) is 19.6. The molecule has 3 heterocycles. The average molecular weight is 445 g/mol. The number of aromatic nitrogens is 3. The van der Waals surface area contributed by atoms with Crippen molar-refractivity contribution in [2.45, 2.75) is 33.3 Å². The van der Waals surface area contributed by atoms with E-state index >= 15 is 0 Å². The normalized spacial score (nSPS) is 15.4. The van der Waals surface area contributed by atoms with Crippen molar-refractivity contribution in [2.75, 3.05) is 0 Å². The molecule has 0 N–H and O–H groups in total. The van der Waals surface area contributed by atoms with Crippen LogP contribution in [-0.2, 0) is 0 Å². The van der Waals surface area contributed by atoms with Crippen LogP contribution in [0.25, 0.3) is 44.7 Å². The van der Waals surface area contributed by atoms with Gasteiger partial charge in [0.2, 0.25) is 5.89 Å². The molecule has 0 unspecified atom stereocenters. The number of rotatable bonds is 3. The highest BCUT2D eigenvalue weighted by atomic mass is 28.3. The second-order valence-corrected chi connectivity index (χ2v) is 13.5. The highest BCUT2D eigenvalue weighted by molar-refractivity contribution is 6.87. The zero-order chi connectivity index (χ0) is 27.6. The lowest BCUT2D eigenvalue weighted by Crippen LogP contribution is -2.38. The smallest absolute Gasteiger partial charge is 0.248 e. The molecule has 0 aliphatic heterocycles. The molecule has 7 heteroatoms. The highest BCUT2D eigenvalue weighted by Gasteiger charge is 2.26. The molecule has 6 nitrogen and oxygen atoms in total. The monoisotopic (exact) mass is 444 g/mol. The van der Waals surface area contributed by atoms with E-state index in [4.69, 9.17) is 17.1 Å². The van der Waals surface area contributed by atoms with E-state index in [-0.39, 0.29) is 22.7 Å². The minimum Gasteiger partial charge on any atom is -0.455 e. The van der Waals surface area contributed by atoms with E-state index in [1.165, 1.54) is 6.07 Å². The number of hydrogen-bond acceptors (Lipinski definition) is 6. The molecule has 5 aromatic rings. The van der Waals surface area contributed by atoms with Gasteiger partial charge in [-0.15, -0.1) is 10.2 Å². The highest BCUT2D eigenvalue weighted by Crippen LogP contribution is 2.38. The molecule has 3 aromatic heterocycles. The molecule has 0 aliphatic rings. The molecule has 5 rings (SSSR count). The maximum Gasteiger partial charge on any atom is 0.248 e. The molecule has 2 aromatic carbocycles. The Hall–Kier alpha value is -3.76. The number of nitriles is 1. The van der Waals surface area contributed by atoms with Gasteiger partial charge in [-0.25, -0.2) is 0 Å². The van der Waals surface area contributed by atoms with Gasteiger partial charge in [-0.1, -0.05) is 31.8 Å². The van der Waals surface area contributed by atoms with E-state index in [1.54, 1.807) is 24.3 Å². The summed E-state index contributed by atoms with van der Waals surface area (Å²) in [5.41, 5.74) is 2.36. The molecule has 0 saturated carbocycles. The van der Waals surface area contributed by atoms with Gasteiger partial charge in [-0.05, 0) is 49.1 Å². The largest absolute Gasteiger partial charge is 0.455 e. The first-order valence-corrected chi connectivity index (χ1v) is 13.4. The Labute approximate surface area is 195 Å². The SMILES string of the molecule is [2H]C([2H])([2H])c1cnc(-c2cccc3c2oc2cc(-c4nnc([Si](C)(C)C)o4)c(C#N)cc23)cc1C([2H])([2H])[2H]. The second kappa shape index (κ2) is 7.14. The van der Waals surface area contributed by atoms with E-state index in [0.29, 0.717) is 44.1 Å². The van der Waals surface area contributed by atoms with Crippen LogP contribution in [0.15, 0.2) is 51.4 Å². The van der Waals surface area contributed by atoms with E-state index in [2.05, 4.69) is 40.9 Å². The summed E-state index contributed by atoms with van der Waals surface area (Å²) in [7, 11) is -1.86. The number of hydrogen-bond donors (Lipinski definition) is 0. The maximum atomic E-state index is 9.88. The van der Waals surface area contributed by atoms with Crippen LogP contribution in [0.1, 0.15) is 24.9 Å². The summed E-state index contributed by atoms with van der Waals surface area (Å²) in [4.78, 5) is 4.28. The lowest BCUT2D eigenvalue weighted by Gasteiger charge is -2.08. The zero-order valence-corrected chi connectivity index (χ0v) is 18.6. The number of aryl methyl sites for hydroxylation is 2. The van der Waals surface area contributed by atoms with Crippen LogP contribution in [0.4, 0.5) is 0 Å². The van der Waals surface area contributed by atoms with Crippen LogP contribution in [0.3, 0.4) is 0 Å². The predicted octanol–water partition coefficient (Wildman–Crippen LogP) is 5.73. The van der Waals surface area contributed by atoms with Crippen molar-refractivity contribution in [3.63, 3.8) is 0 Å². The van der Waals surface area contributed by atoms with Gasteiger partial charge in [0.15, 0.2) is 13.6 Å². The van der Waals surface area contributed by atoms with Crippen molar-refractivity contribution in [3.8, 4) is 28.8 Å². The Morgan fingerprint density at radius 3 is 2.53 bits per heavy atom. The average Bonchev–Trinajstić information content (AvgIpc) is 3.46. The maximum absolute atomic E-state index is 9.88. The number of nitrogens with zero attached hydrogens (tertiary/aromatic N) is 4. The van der Waals surface area contributed by atoms with E-state index in [1.807, 2.05) is 6.07 Å². The quantitative estimate of drug-likeness (QED) is 0.330. The molecule has 0 spiro atoms. The van der Waals surface area contributed by atoms with Gasteiger partial charge < -0.3 is 8.83 Å². The third-order valence-electron chi connectivity index (χ3n) is 5.23. The fraction of sp³-hybridized carbons (Fsp3) is 0.200. The van der Waals surface area contributed by atoms with Gasteiger partial charge in [0.05, 0.1) is 22.9 Å². The van der Waals surface area contributed by atoms with Crippen molar-refractivity contribution in [1.82, 2.24) is 15.2 Å². The molecule has 158 valence electrons. The molecule has 0 fully saturated rings. The minimum atomic E-state index is -2.65. The topological polar surface area (TPSA) is 88.7 Å². The van der Waals surface area contributed by atoms with Crippen molar-refractivity contribution in [1.29, 1.82) is 5.26 Å². The molecule has 0 atom stereocenters. The van der Waals surface area contributed by atoms with Gasteiger partial charge in [0, 0.05) is 30.8 Å². The summed E-state index contributed by atoms with van der Waals surface area (Å²) in [6, 6.07) is 12.1. The van der Waals surface area contributed by atoms with Crippen LogP contribution in [-0.4, -0.2) is 23.3 Å². The van der Waals surface area contributed by atoms with Gasteiger partial charge in [-0.3, -0.25) is 4.98 Å². The number of benzene rings is 2. The molecule has 0 amide bonds. The molecule has 0 aliphatic carbocycles. The predicted molar refractivity (Wildman–Crippen MR) is 127 cm³/mol. The lowest BCUT2D eigenvalue weighted by molar-refractivity contribution is 0.599. The van der Waals surface area contributed by atoms with E-state index < -0.39 is 21.8 Å². The van der Waals surface area contributed by atoms with Crippen LogP contribution in [0.5, 0.6) is 0 Å².